The van der Waals surface area contributed by atoms with Gasteiger partial charge in [-0.3, -0.25) is 0 Å². The van der Waals surface area contributed by atoms with E-state index in [0.717, 1.165) is 18.0 Å². The Morgan fingerprint density at radius 3 is 2.45 bits per heavy atom. The predicted octanol–water partition coefficient (Wildman–Crippen LogP) is 2.99. The Kier molecular flexibility index (Phi) is 5.72. The summed E-state index contributed by atoms with van der Waals surface area (Å²) in [6.45, 7) is 2.86. The lowest BCUT2D eigenvalue weighted by atomic mass is 10.1. The molecule has 2 rings (SSSR count). The Labute approximate surface area is 134 Å². The zero-order valence-corrected chi connectivity index (χ0v) is 13.4. The van der Waals surface area contributed by atoms with Crippen molar-refractivity contribution in [3.63, 3.8) is 0 Å². The number of anilines is 1. The number of hydrogen-bond donors (Lipinski definition) is 0. The van der Waals surface area contributed by atoms with E-state index < -0.39 is 5.97 Å². The normalized spacial score (nSPS) is 10.3. The second-order valence-corrected chi connectivity index (χ2v) is 5.23. The van der Waals surface area contributed by atoms with E-state index in [2.05, 4.69) is 9.97 Å². The van der Waals surface area contributed by atoms with Gasteiger partial charge in [-0.25, -0.2) is 14.8 Å². The third-order valence-corrected chi connectivity index (χ3v) is 3.39. The summed E-state index contributed by atoms with van der Waals surface area (Å²) in [6, 6.07) is 7.75. The van der Waals surface area contributed by atoms with Crippen molar-refractivity contribution in [3.05, 3.63) is 52.8 Å². The van der Waals surface area contributed by atoms with Crippen LogP contribution < -0.4 is 4.90 Å². The SMILES string of the molecule is CCOC(=O)c1cnc(N(C)CCc2ccc(Cl)cc2)nc1. The summed E-state index contributed by atoms with van der Waals surface area (Å²) in [6.07, 6.45) is 3.83. The second-order valence-electron chi connectivity index (χ2n) is 4.79. The average molecular weight is 320 g/mol. The topological polar surface area (TPSA) is 55.3 Å². The van der Waals surface area contributed by atoms with Crippen LogP contribution in [0.2, 0.25) is 5.02 Å². The van der Waals surface area contributed by atoms with E-state index in [0.29, 0.717) is 18.1 Å². The lowest BCUT2D eigenvalue weighted by Crippen LogP contribution is -2.22. The number of hydrogen-bond acceptors (Lipinski definition) is 5. The standard InChI is InChI=1S/C16H18ClN3O2/c1-3-22-15(21)13-10-18-16(19-11-13)20(2)9-8-12-4-6-14(17)7-5-12/h4-7,10-11H,3,8-9H2,1-2H3. The summed E-state index contributed by atoms with van der Waals surface area (Å²) in [5.74, 6) is 0.167. The van der Waals surface area contributed by atoms with Crippen LogP contribution >= 0.6 is 11.6 Å². The highest BCUT2D eigenvalue weighted by Gasteiger charge is 2.09. The van der Waals surface area contributed by atoms with Crippen LogP contribution in [-0.4, -0.2) is 36.1 Å². The number of ether oxygens (including phenoxy) is 1. The van der Waals surface area contributed by atoms with E-state index >= 15 is 0 Å². The molecule has 0 saturated heterocycles. The fraction of sp³-hybridized carbons (Fsp3) is 0.312. The average Bonchev–Trinajstić information content (AvgIpc) is 2.54. The Hall–Kier alpha value is -2.14. The minimum Gasteiger partial charge on any atom is -0.462 e. The van der Waals surface area contributed by atoms with Crippen molar-refractivity contribution in [2.75, 3.05) is 25.1 Å². The van der Waals surface area contributed by atoms with Gasteiger partial charge in [0.25, 0.3) is 0 Å². The Morgan fingerprint density at radius 1 is 1.23 bits per heavy atom. The van der Waals surface area contributed by atoms with Crippen LogP contribution in [0.25, 0.3) is 0 Å². The van der Waals surface area contributed by atoms with Crippen molar-refractivity contribution < 1.29 is 9.53 Å². The molecular formula is C16H18ClN3O2. The van der Waals surface area contributed by atoms with Crippen molar-refractivity contribution in [1.82, 2.24) is 9.97 Å². The first-order valence-corrected chi connectivity index (χ1v) is 7.42. The van der Waals surface area contributed by atoms with Crippen LogP contribution in [0.1, 0.15) is 22.8 Å². The molecule has 116 valence electrons. The van der Waals surface area contributed by atoms with E-state index in [-0.39, 0.29) is 0 Å². The predicted molar refractivity (Wildman–Crippen MR) is 86.4 cm³/mol. The molecule has 0 aliphatic heterocycles. The Balaban J connectivity index is 1.93. The highest BCUT2D eigenvalue weighted by Crippen LogP contribution is 2.11. The van der Waals surface area contributed by atoms with Crippen LogP contribution in [0.15, 0.2) is 36.7 Å². The molecular weight excluding hydrogens is 302 g/mol. The molecule has 0 aliphatic rings. The van der Waals surface area contributed by atoms with Gasteiger partial charge >= 0.3 is 5.97 Å². The molecule has 0 atom stereocenters. The number of carbonyl (C=O) groups excluding carboxylic acids is 1. The highest BCUT2D eigenvalue weighted by atomic mass is 35.5. The molecule has 22 heavy (non-hydrogen) atoms. The third-order valence-electron chi connectivity index (χ3n) is 3.14. The number of rotatable bonds is 6. The Bertz CT molecular complexity index is 614. The van der Waals surface area contributed by atoms with Gasteiger partial charge in [0.2, 0.25) is 5.95 Å². The number of likely N-dealkylation sites (N-methyl/N-ethyl adjacent to an activating group) is 1. The summed E-state index contributed by atoms with van der Waals surface area (Å²) < 4.78 is 4.90. The minimum absolute atomic E-state index is 0.335. The maximum absolute atomic E-state index is 11.5. The van der Waals surface area contributed by atoms with Crippen LogP contribution in [0.3, 0.4) is 0 Å². The van der Waals surface area contributed by atoms with E-state index in [1.54, 1.807) is 6.92 Å². The summed E-state index contributed by atoms with van der Waals surface area (Å²) >= 11 is 5.86. The molecule has 0 fully saturated rings. The van der Waals surface area contributed by atoms with Crippen molar-refractivity contribution in [1.29, 1.82) is 0 Å². The van der Waals surface area contributed by atoms with E-state index in [1.807, 2.05) is 36.2 Å². The van der Waals surface area contributed by atoms with Crippen LogP contribution in [-0.2, 0) is 11.2 Å². The van der Waals surface area contributed by atoms with Crippen LogP contribution in [0.5, 0.6) is 0 Å². The fourth-order valence-corrected chi connectivity index (χ4v) is 2.01. The van der Waals surface area contributed by atoms with Gasteiger partial charge in [-0.1, -0.05) is 23.7 Å². The van der Waals surface area contributed by atoms with Gasteiger partial charge in [0.15, 0.2) is 0 Å². The second kappa shape index (κ2) is 7.75. The smallest absolute Gasteiger partial charge is 0.341 e. The van der Waals surface area contributed by atoms with Gasteiger partial charge < -0.3 is 9.64 Å². The molecule has 0 saturated carbocycles. The molecule has 0 N–H and O–H groups in total. The number of benzene rings is 1. The monoisotopic (exact) mass is 319 g/mol. The number of halogens is 1. The van der Waals surface area contributed by atoms with Crippen molar-refractivity contribution in [3.8, 4) is 0 Å². The zero-order chi connectivity index (χ0) is 15.9. The van der Waals surface area contributed by atoms with Gasteiger partial charge in [0.1, 0.15) is 0 Å². The molecule has 0 spiro atoms. The summed E-state index contributed by atoms with van der Waals surface area (Å²) in [4.78, 5) is 21.9. The maximum Gasteiger partial charge on any atom is 0.341 e. The lowest BCUT2D eigenvalue weighted by molar-refractivity contribution is 0.0525. The molecule has 6 heteroatoms. The van der Waals surface area contributed by atoms with Crippen molar-refractivity contribution in [2.45, 2.75) is 13.3 Å². The van der Waals surface area contributed by atoms with E-state index in [1.165, 1.54) is 18.0 Å². The summed E-state index contributed by atoms with van der Waals surface area (Å²) in [5.41, 5.74) is 1.55. The summed E-state index contributed by atoms with van der Waals surface area (Å²) in [7, 11) is 1.91. The van der Waals surface area contributed by atoms with Gasteiger partial charge in [0, 0.05) is 31.0 Å². The largest absolute Gasteiger partial charge is 0.462 e. The third kappa shape index (κ3) is 4.43. The number of aromatic nitrogens is 2. The first-order chi connectivity index (χ1) is 10.6. The van der Waals surface area contributed by atoms with Gasteiger partial charge in [-0.05, 0) is 31.0 Å². The number of carbonyl (C=O) groups is 1. The first-order valence-electron chi connectivity index (χ1n) is 7.05. The maximum atomic E-state index is 11.5. The van der Waals surface area contributed by atoms with Crippen LogP contribution in [0.4, 0.5) is 5.95 Å². The van der Waals surface area contributed by atoms with Gasteiger partial charge in [-0.2, -0.15) is 0 Å². The van der Waals surface area contributed by atoms with E-state index in [4.69, 9.17) is 16.3 Å². The lowest BCUT2D eigenvalue weighted by Gasteiger charge is -2.16. The minimum atomic E-state index is -0.405. The highest BCUT2D eigenvalue weighted by molar-refractivity contribution is 6.30. The molecule has 1 heterocycles. The zero-order valence-electron chi connectivity index (χ0n) is 12.6. The van der Waals surface area contributed by atoms with Crippen LogP contribution in [0, 0.1) is 0 Å². The summed E-state index contributed by atoms with van der Waals surface area (Å²) in [5, 5.41) is 0.731. The molecule has 0 aliphatic carbocycles. The molecule has 0 bridgehead atoms. The fourth-order valence-electron chi connectivity index (χ4n) is 1.89. The molecule has 1 aromatic carbocycles. The van der Waals surface area contributed by atoms with Gasteiger partial charge in [-0.15, -0.1) is 0 Å². The van der Waals surface area contributed by atoms with Crippen molar-refractivity contribution in [2.24, 2.45) is 0 Å². The molecule has 5 nitrogen and oxygen atoms in total. The quantitative estimate of drug-likeness (QED) is 0.766. The number of esters is 1. The molecule has 0 unspecified atom stereocenters. The number of nitrogens with zero attached hydrogens (tertiary/aromatic N) is 3. The first kappa shape index (κ1) is 16.2. The molecule has 0 amide bonds. The molecule has 0 radical (unpaired) electrons. The molecule has 2 aromatic rings. The van der Waals surface area contributed by atoms with E-state index in [9.17, 15) is 4.79 Å². The Morgan fingerprint density at radius 2 is 1.86 bits per heavy atom. The van der Waals surface area contributed by atoms with Gasteiger partial charge in [0.05, 0.1) is 12.2 Å². The molecule has 1 aromatic heterocycles. The van der Waals surface area contributed by atoms with Crippen molar-refractivity contribution >= 4 is 23.5 Å².